The quantitative estimate of drug-likeness (QED) is 0.890. The molecule has 0 aliphatic rings. The Balaban J connectivity index is 2.26. The predicted octanol–water partition coefficient (Wildman–Crippen LogP) is 4.22. The van der Waals surface area contributed by atoms with Gasteiger partial charge in [0.15, 0.2) is 0 Å². The van der Waals surface area contributed by atoms with Crippen molar-refractivity contribution in [2.75, 3.05) is 0 Å². The topological polar surface area (TPSA) is 48.1 Å². The Morgan fingerprint density at radius 3 is 2.80 bits per heavy atom. The van der Waals surface area contributed by atoms with Gasteiger partial charge < -0.3 is 10.5 Å². The molecule has 4 heteroatoms. The predicted molar refractivity (Wildman–Crippen MR) is 85.2 cm³/mol. The zero-order valence-electron chi connectivity index (χ0n) is 11.8. The molecule has 1 atom stereocenters. The summed E-state index contributed by atoms with van der Waals surface area (Å²) < 4.78 is 6.84. The summed E-state index contributed by atoms with van der Waals surface area (Å²) in [4.78, 5) is 4.11. The van der Waals surface area contributed by atoms with Crippen LogP contribution in [0, 0.1) is 6.92 Å². The van der Waals surface area contributed by atoms with E-state index in [-0.39, 0.29) is 6.04 Å². The smallest absolute Gasteiger partial charge is 0.146 e. The van der Waals surface area contributed by atoms with Gasteiger partial charge in [-0.1, -0.05) is 24.6 Å². The highest BCUT2D eigenvalue weighted by molar-refractivity contribution is 9.10. The van der Waals surface area contributed by atoms with Crippen molar-refractivity contribution in [3.8, 4) is 11.5 Å². The molecule has 106 valence electrons. The van der Waals surface area contributed by atoms with Crippen molar-refractivity contribution in [3.63, 3.8) is 0 Å². The minimum atomic E-state index is 0.153. The van der Waals surface area contributed by atoms with E-state index >= 15 is 0 Å². The molecule has 0 amide bonds. The molecule has 0 saturated carbocycles. The van der Waals surface area contributed by atoms with E-state index in [1.165, 1.54) is 5.56 Å². The van der Waals surface area contributed by atoms with Gasteiger partial charge in [0.25, 0.3) is 0 Å². The van der Waals surface area contributed by atoms with Crippen molar-refractivity contribution in [2.24, 2.45) is 5.73 Å². The maximum absolute atomic E-state index is 6.07. The lowest BCUT2D eigenvalue weighted by Crippen LogP contribution is -2.21. The summed E-state index contributed by atoms with van der Waals surface area (Å²) >= 11 is 3.39. The van der Waals surface area contributed by atoms with E-state index in [1.807, 2.05) is 18.2 Å². The molecule has 0 spiro atoms. The SMILES string of the molecule is CCC(N)Cc1cc(C)ccc1Oc1cncc(Br)c1. The molecule has 1 unspecified atom stereocenters. The fraction of sp³-hybridized carbons (Fsp3) is 0.312. The minimum Gasteiger partial charge on any atom is -0.455 e. The summed E-state index contributed by atoms with van der Waals surface area (Å²) in [6.45, 7) is 4.17. The highest BCUT2D eigenvalue weighted by Crippen LogP contribution is 2.28. The van der Waals surface area contributed by atoms with Gasteiger partial charge in [-0.15, -0.1) is 0 Å². The summed E-state index contributed by atoms with van der Waals surface area (Å²) in [5.74, 6) is 1.56. The molecular formula is C16H19BrN2O. The molecule has 3 nitrogen and oxygen atoms in total. The van der Waals surface area contributed by atoms with Gasteiger partial charge in [-0.25, -0.2) is 0 Å². The number of ether oxygens (including phenoxy) is 1. The second-order valence-corrected chi connectivity index (χ2v) is 5.84. The third kappa shape index (κ3) is 4.05. The lowest BCUT2D eigenvalue weighted by molar-refractivity contribution is 0.469. The molecule has 0 aliphatic carbocycles. The van der Waals surface area contributed by atoms with Crippen molar-refractivity contribution in [1.29, 1.82) is 0 Å². The first-order valence-corrected chi connectivity index (χ1v) is 7.51. The van der Waals surface area contributed by atoms with E-state index in [9.17, 15) is 0 Å². The van der Waals surface area contributed by atoms with Crippen LogP contribution in [0.5, 0.6) is 11.5 Å². The molecule has 0 aliphatic heterocycles. The lowest BCUT2D eigenvalue weighted by Gasteiger charge is -2.15. The Kier molecular flexibility index (Phi) is 5.15. The zero-order valence-corrected chi connectivity index (χ0v) is 13.4. The van der Waals surface area contributed by atoms with Gasteiger partial charge in [-0.2, -0.15) is 0 Å². The Bertz CT molecular complexity index is 586. The van der Waals surface area contributed by atoms with Crippen LogP contribution in [0.3, 0.4) is 0 Å². The van der Waals surface area contributed by atoms with Crippen LogP contribution in [0.4, 0.5) is 0 Å². The van der Waals surface area contributed by atoms with Crippen LogP contribution in [-0.4, -0.2) is 11.0 Å². The first-order valence-electron chi connectivity index (χ1n) is 6.72. The number of benzene rings is 1. The summed E-state index contributed by atoms with van der Waals surface area (Å²) in [6, 6.07) is 8.22. The average Bonchev–Trinajstić information content (AvgIpc) is 2.42. The summed E-state index contributed by atoms with van der Waals surface area (Å²) in [5, 5.41) is 0. The Labute approximate surface area is 128 Å². The van der Waals surface area contributed by atoms with Crippen LogP contribution in [-0.2, 0) is 6.42 Å². The van der Waals surface area contributed by atoms with E-state index in [1.54, 1.807) is 12.4 Å². The molecular weight excluding hydrogens is 316 g/mol. The number of pyridine rings is 1. The molecule has 0 bridgehead atoms. The van der Waals surface area contributed by atoms with Crippen LogP contribution < -0.4 is 10.5 Å². The number of rotatable bonds is 5. The molecule has 0 saturated heterocycles. The summed E-state index contributed by atoms with van der Waals surface area (Å²) in [7, 11) is 0. The molecule has 1 aromatic heterocycles. The number of aromatic nitrogens is 1. The lowest BCUT2D eigenvalue weighted by atomic mass is 10.0. The number of nitrogens with zero attached hydrogens (tertiary/aromatic N) is 1. The van der Waals surface area contributed by atoms with Gasteiger partial charge in [0.1, 0.15) is 11.5 Å². The first kappa shape index (κ1) is 15.0. The normalized spacial score (nSPS) is 12.2. The first-order chi connectivity index (χ1) is 9.58. The maximum Gasteiger partial charge on any atom is 0.146 e. The molecule has 0 fully saturated rings. The van der Waals surface area contributed by atoms with Crippen LogP contribution in [0.1, 0.15) is 24.5 Å². The molecule has 0 radical (unpaired) electrons. The fourth-order valence-corrected chi connectivity index (χ4v) is 2.31. The largest absolute Gasteiger partial charge is 0.455 e. The van der Waals surface area contributed by atoms with Crippen LogP contribution in [0.25, 0.3) is 0 Å². The zero-order chi connectivity index (χ0) is 14.5. The number of hydrogen-bond acceptors (Lipinski definition) is 3. The molecule has 20 heavy (non-hydrogen) atoms. The van der Waals surface area contributed by atoms with Gasteiger partial charge in [0.2, 0.25) is 0 Å². The van der Waals surface area contributed by atoms with E-state index in [4.69, 9.17) is 10.5 Å². The van der Waals surface area contributed by atoms with Crippen molar-refractivity contribution in [2.45, 2.75) is 32.7 Å². The highest BCUT2D eigenvalue weighted by atomic mass is 79.9. The van der Waals surface area contributed by atoms with Gasteiger partial charge in [0, 0.05) is 16.7 Å². The molecule has 2 aromatic rings. The minimum absolute atomic E-state index is 0.153. The molecule has 1 aromatic carbocycles. The molecule has 2 N–H and O–H groups in total. The summed E-state index contributed by atoms with van der Waals surface area (Å²) in [5.41, 5.74) is 8.42. The Morgan fingerprint density at radius 2 is 2.10 bits per heavy atom. The Hall–Kier alpha value is -1.39. The standard InChI is InChI=1S/C16H19BrN2O/c1-3-14(18)7-12-6-11(2)4-5-16(12)20-15-8-13(17)9-19-10-15/h4-6,8-10,14H,3,7,18H2,1-2H3. The van der Waals surface area contributed by atoms with Crippen LogP contribution >= 0.6 is 15.9 Å². The number of nitrogens with two attached hydrogens (primary N) is 1. The van der Waals surface area contributed by atoms with Crippen molar-refractivity contribution >= 4 is 15.9 Å². The van der Waals surface area contributed by atoms with Crippen molar-refractivity contribution in [1.82, 2.24) is 4.98 Å². The molecule has 2 rings (SSSR count). The third-order valence-electron chi connectivity index (χ3n) is 3.13. The van der Waals surface area contributed by atoms with Crippen molar-refractivity contribution < 1.29 is 4.74 Å². The van der Waals surface area contributed by atoms with Gasteiger partial charge >= 0.3 is 0 Å². The number of hydrogen-bond donors (Lipinski definition) is 1. The average molecular weight is 335 g/mol. The van der Waals surface area contributed by atoms with Gasteiger partial charge in [-0.3, -0.25) is 4.98 Å². The van der Waals surface area contributed by atoms with Crippen molar-refractivity contribution in [3.05, 3.63) is 52.3 Å². The molecule has 1 heterocycles. The highest BCUT2D eigenvalue weighted by Gasteiger charge is 2.09. The van der Waals surface area contributed by atoms with E-state index in [0.29, 0.717) is 0 Å². The number of aryl methyl sites for hydroxylation is 1. The third-order valence-corrected chi connectivity index (χ3v) is 3.56. The van der Waals surface area contributed by atoms with Crippen LogP contribution in [0.15, 0.2) is 41.1 Å². The second kappa shape index (κ2) is 6.86. The van der Waals surface area contributed by atoms with Gasteiger partial charge in [-0.05, 0) is 53.4 Å². The van der Waals surface area contributed by atoms with Crippen LogP contribution in [0.2, 0.25) is 0 Å². The maximum atomic E-state index is 6.07. The summed E-state index contributed by atoms with van der Waals surface area (Å²) in [6.07, 6.45) is 5.20. The second-order valence-electron chi connectivity index (χ2n) is 4.92. The van der Waals surface area contributed by atoms with E-state index in [0.717, 1.165) is 34.4 Å². The monoisotopic (exact) mass is 334 g/mol. The number of halogens is 1. The fourth-order valence-electron chi connectivity index (χ4n) is 1.97. The Morgan fingerprint density at radius 1 is 1.30 bits per heavy atom. The van der Waals surface area contributed by atoms with Gasteiger partial charge in [0.05, 0.1) is 6.20 Å². The van der Waals surface area contributed by atoms with E-state index in [2.05, 4.69) is 40.8 Å². The van der Waals surface area contributed by atoms with E-state index < -0.39 is 0 Å².